The number of aliphatic hydroxyl groups is 1. The van der Waals surface area contributed by atoms with Crippen molar-refractivity contribution in [2.24, 2.45) is 0 Å². The Bertz CT molecular complexity index is 341. The molecular formula is C23H47N2O2+. The Kier molecular flexibility index (Phi) is 15.8. The van der Waals surface area contributed by atoms with E-state index in [1.54, 1.807) is 4.90 Å². The summed E-state index contributed by atoms with van der Waals surface area (Å²) in [6, 6.07) is 0. The lowest BCUT2D eigenvalue weighted by Gasteiger charge is -2.16. The lowest BCUT2D eigenvalue weighted by Crippen LogP contribution is -3.11. The van der Waals surface area contributed by atoms with Crippen LogP contribution in [0.4, 0.5) is 0 Å². The highest BCUT2D eigenvalue weighted by Crippen LogP contribution is 2.12. The quantitative estimate of drug-likeness (QED) is 0.357. The largest absolute Gasteiger partial charge is 0.393 e. The van der Waals surface area contributed by atoms with E-state index in [9.17, 15) is 9.90 Å². The fraction of sp³-hybridized carbons (Fsp3) is 0.957. The number of hydrogen-bond donors (Lipinski definition) is 3. The predicted molar refractivity (Wildman–Crippen MR) is 114 cm³/mol. The third-order valence-corrected chi connectivity index (χ3v) is 5.92. The van der Waals surface area contributed by atoms with Crippen LogP contribution in [-0.2, 0) is 4.79 Å². The molecule has 1 atom stereocenters. The first kappa shape index (κ1) is 24.4. The summed E-state index contributed by atoms with van der Waals surface area (Å²) >= 11 is 0. The Balaban J connectivity index is 1.88. The van der Waals surface area contributed by atoms with Gasteiger partial charge < -0.3 is 15.3 Å². The summed E-state index contributed by atoms with van der Waals surface area (Å²) in [5.41, 5.74) is 0. The van der Waals surface area contributed by atoms with Crippen LogP contribution in [-0.4, -0.2) is 43.3 Å². The summed E-state index contributed by atoms with van der Waals surface area (Å²) in [6.07, 6.45) is 18.4. The van der Waals surface area contributed by atoms with Crippen molar-refractivity contribution in [3.05, 3.63) is 0 Å². The van der Waals surface area contributed by atoms with Crippen LogP contribution in [0.3, 0.4) is 0 Å². The molecule has 3 N–H and O–H groups in total. The van der Waals surface area contributed by atoms with Crippen LogP contribution < -0.4 is 10.2 Å². The zero-order valence-corrected chi connectivity index (χ0v) is 18.1. The lowest BCUT2D eigenvalue weighted by molar-refractivity contribution is -0.899. The van der Waals surface area contributed by atoms with Gasteiger partial charge in [0.1, 0.15) is 0 Å². The van der Waals surface area contributed by atoms with Crippen LogP contribution in [0.2, 0.25) is 0 Å². The minimum absolute atomic E-state index is 0.156. The Labute approximate surface area is 168 Å². The van der Waals surface area contributed by atoms with Gasteiger partial charge in [0.15, 0.2) is 0 Å². The second-order valence-corrected chi connectivity index (χ2v) is 8.57. The fourth-order valence-electron chi connectivity index (χ4n) is 4.11. The van der Waals surface area contributed by atoms with Crippen molar-refractivity contribution in [3.63, 3.8) is 0 Å². The molecule has 0 aliphatic carbocycles. The Morgan fingerprint density at radius 3 is 2.22 bits per heavy atom. The van der Waals surface area contributed by atoms with Crippen LogP contribution in [0.25, 0.3) is 0 Å². The molecule has 0 aromatic carbocycles. The molecule has 27 heavy (non-hydrogen) atoms. The molecule has 0 bridgehead atoms. The third-order valence-electron chi connectivity index (χ3n) is 5.92. The van der Waals surface area contributed by atoms with Crippen LogP contribution in [0.1, 0.15) is 110 Å². The normalized spacial score (nSPS) is 16.8. The molecule has 4 heteroatoms. The third kappa shape index (κ3) is 15.0. The highest BCUT2D eigenvalue weighted by Gasteiger charge is 2.12. The average Bonchev–Trinajstić information content (AvgIpc) is 2.93. The van der Waals surface area contributed by atoms with E-state index in [-0.39, 0.29) is 12.0 Å². The maximum atomic E-state index is 11.9. The van der Waals surface area contributed by atoms with Gasteiger partial charge in [0, 0.05) is 19.4 Å². The molecule has 1 unspecified atom stereocenters. The van der Waals surface area contributed by atoms with Crippen molar-refractivity contribution in [1.82, 2.24) is 5.32 Å². The predicted octanol–water partition coefficient (Wildman–Crippen LogP) is 3.62. The molecule has 0 saturated carbocycles. The van der Waals surface area contributed by atoms with Gasteiger partial charge in [0.05, 0.1) is 25.7 Å². The van der Waals surface area contributed by atoms with Crippen molar-refractivity contribution < 1.29 is 14.8 Å². The van der Waals surface area contributed by atoms with E-state index in [4.69, 9.17) is 0 Å². The van der Waals surface area contributed by atoms with Crippen molar-refractivity contribution in [2.75, 3.05) is 26.2 Å². The number of aliphatic hydroxyl groups excluding tert-OH is 1. The molecule has 0 aromatic rings. The van der Waals surface area contributed by atoms with Crippen molar-refractivity contribution in [1.29, 1.82) is 0 Å². The topological polar surface area (TPSA) is 53.8 Å². The van der Waals surface area contributed by atoms with Gasteiger partial charge in [-0.1, -0.05) is 51.9 Å². The van der Waals surface area contributed by atoms with Gasteiger partial charge in [0.25, 0.3) is 0 Å². The smallest absolute Gasteiger partial charge is 0.219 e. The average molecular weight is 384 g/mol. The molecule has 0 aromatic heterocycles. The summed E-state index contributed by atoms with van der Waals surface area (Å²) in [6.45, 7) is 6.86. The van der Waals surface area contributed by atoms with Crippen LogP contribution >= 0.6 is 0 Å². The molecule has 1 aliphatic heterocycles. The molecule has 1 saturated heterocycles. The monoisotopic (exact) mass is 383 g/mol. The van der Waals surface area contributed by atoms with Gasteiger partial charge >= 0.3 is 0 Å². The molecule has 160 valence electrons. The van der Waals surface area contributed by atoms with Crippen molar-refractivity contribution in [2.45, 2.75) is 116 Å². The van der Waals surface area contributed by atoms with E-state index in [0.717, 1.165) is 38.6 Å². The van der Waals surface area contributed by atoms with E-state index >= 15 is 0 Å². The summed E-state index contributed by atoms with van der Waals surface area (Å²) in [4.78, 5) is 13.6. The van der Waals surface area contributed by atoms with Gasteiger partial charge in [-0.3, -0.25) is 4.79 Å². The van der Waals surface area contributed by atoms with E-state index in [2.05, 4.69) is 12.2 Å². The highest BCUT2D eigenvalue weighted by molar-refractivity contribution is 5.75. The molecule has 4 nitrogen and oxygen atoms in total. The number of hydrogen-bond acceptors (Lipinski definition) is 2. The van der Waals surface area contributed by atoms with E-state index in [1.165, 1.54) is 83.8 Å². The van der Waals surface area contributed by atoms with Crippen molar-refractivity contribution >= 4 is 5.91 Å². The number of amides is 1. The molecular weight excluding hydrogens is 336 g/mol. The van der Waals surface area contributed by atoms with E-state index < -0.39 is 0 Å². The van der Waals surface area contributed by atoms with Gasteiger partial charge in [-0.15, -0.1) is 0 Å². The number of rotatable bonds is 16. The van der Waals surface area contributed by atoms with Gasteiger partial charge in [-0.2, -0.15) is 0 Å². The van der Waals surface area contributed by atoms with Crippen LogP contribution in [0.5, 0.6) is 0 Å². The maximum Gasteiger partial charge on any atom is 0.219 e. The molecule has 1 fully saturated rings. The number of carbonyl (C=O) groups excluding carboxylic acids is 1. The molecule has 1 amide bonds. The van der Waals surface area contributed by atoms with Crippen molar-refractivity contribution in [3.8, 4) is 0 Å². The molecule has 1 heterocycles. The number of quaternary nitrogens is 1. The SMILES string of the molecule is CCCCCCCCCC(O)CCCC(=O)NCCC[NH+]1CCCCCC1. The zero-order valence-electron chi connectivity index (χ0n) is 18.1. The number of unbranched alkanes of at least 4 members (excludes halogenated alkanes) is 6. The zero-order chi connectivity index (χ0) is 19.6. The summed E-state index contributed by atoms with van der Waals surface area (Å²) in [7, 11) is 0. The fourth-order valence-corrected chi connectivity index (χ4v) is 4.11. The van der Waals surface area contributed by atoms with E-state index in [1.807, 2.05) is 0 Å². The summed E-state index contributed by atoms with van der Waals surface area (Å²) < 4.78 is 0. The number of nitrogens with one attached hydrogen (secondary N) is 2. The standard InChI is InChI=1S/C23H46N2O2/c1-2-3-4-5-6-7-10-15-22(26)16-13-17-23(27)24-18-14-21-25-19-11-8-9-12-20-25/h22,26H,2-21H2,1H3,(H,24,27)/p+1. The van der Waals surface area contributed by atoms with Gasteiger partial charge in [0.2, 0.25) is 5.91 Å². The highest BCUT2D eigenvalue weighted by atomic mass is 16.3. The molecule has 1 aliphatic rings. The molecule has 1 rings (SSSR count). The second-order valence-electron chi connectivity index (χ2n) is 8.57. The first-order valence-electron chi connectivity index (χ1n) is 12.0. The first-order valence-corrected chi connectivity index (χ1v) is 12.0. The van der Waals surface area contributed by atoms with Gasteiger partial charge in [-0.25, -0.2) is 0 Å². The minimum atomic E-state index is -0.222. The number of carbonyl (C=O) groups is 1. The minimum Gasteiger partial charge on any atom is -0.393 e. The Hall–Kier alpha value is -0.610. The Morgan fingerprint density at radius 2 is 1.52 bits per heavy atom. The molecule has 0 radical (unpaired) electrons. The van der Waals surface area contributed by atoms with Crippen LogP contribution in [0, 0.1) is 0 Å². The lowest BCUT2D eigenvalue weighted by atomic mass is 10.0. The number of likely N-dealkylation sites (tertiary alicyclic amines) is 1. The first-order chi connectivity index (χ1) is 13.2. The van der Waals surface area contributed by atoms with E-state index in [0.29, 0.717) is 6.42 Å². The Morgan fingerprint density at radius 1 is 0.889 bits per heavy atom. The van der Waals surface area contributed by atoms with Crippen LogP contribution in [0.15, 0.2) is 0 Å². The molecule has 0 spiro atoms. The summed E-state index contributed by atoms with van der Waals surface area (Å²) in [5.74, 6) is 0.156. The van der Waals surface area contributed by atoms with Gasteiger partial charge in [-0.05, 0) is 44.9 Å². The second kappa shape index (κ2) is 17.5. The summed E-state index contributed by atoms with van der Waals surface area (Å²) in [5, 5.41) is 13.1. The maximum absolute atomic E-state index is 11.9.